The second-order valence-electron chi connectivity index (χ2n) is 4.74. The molecule has 1 aromatic carbocycles. The Morgan fingerprint density at radius 2 is 2.20 bits per heavy atom. The van der Waals surface area contributed by atoms with Crippen LogP contribution in [0.1, 0.15) is 12.8 Å². The van der Waals surface area contributed by atoms with Crippen LogP contribution in [0.2, 0.25) is 0 Å². The number of hydrogen-bond acceptors (Lipinski definition) is 2. The molecule has 0 radical (unpaired) electrons. The number of benzene rings is 1. The SMILES string of the molecule is COC[C@@H](NC(=O)Nc1c(F)cc(F)cc1Br)C1CC1. The van der Waals surface area contributed by atoms with Crippen LogP contribution in [0.15, 0.2) is 16.6 Å². The van der Waals surface area contributed by atoms with Gasteiger partial charge in [0.2, 0.25) is 0 Å². The molecule has 20 heavy (non-hydrogen) atoms. The van der Waals surface area contributed by atoms with Crippen LogP contribution < -0.4 is 10.6 Å². The number of halogens is 3. The van der Waals surface area contributed by atoms with Gasteiger partial charge in [-0.25, -0.2) is 13.6 Å². The number of carbonyl (C=O) groups excluding carboxylic acids is 1. The van der Waals surface area contributed by atoms with E-state index < -0.39 is 17.7 Å². The van der Waals surface area contributed by atoms with Gasteiger partial charge in [0.25, 0.3) is 0 Å². The highest BCUT2D eigenvalue weighted by atomic mass is 79.9. The van der Waals surface area contributed by atoms with E-state index in [0.717, 1.165) is 18.9 Å². The summed E-state index contributed by atoms with van der Waals surface area (Å²) in [5.74, 6) is -1.14. The third-order valence-corrected chi connectivity index (χ3v) is 3.72. The maximum Gasteiger partial charge on any atom is 0.319 e. The van der Waals surface area contributed by atoms with Crippen molar-refractivity contribution in [2.75, 3.05) is 19.0 Å². The summed E-state index contributed by atoms with van der Waals surface area (Å²) >= 11 is 3.02. The molecule has 0 aromatic heterocycles. The molecule has 1 aromatic rings. The van der Waals surface area contributed by atoms with Crippen molar-refractivity contribution in [1.29, 1.82) is 0 Å². The lowest BCUT2D eigenvalue weighted by Gasteiger charge is -2.18. The van der Waals surface area contributed by atoms with Crippen molar-refractivity contribution in [3.63, 3.8) is 0 Å². The fourth-order valence-electron chi connectivity index (χ4n) is 1.95. The normalized spacial score (nSPS) is 15.8. The van der Waals surface area contributed by atoms with Gasteiger partial charge in [-0.2, -0.15) is 0 Å². The Bertz CT molecular complexity index is 486. The van der Waals surface area contributed by atoms with E-state index >= 15 is 0 Å². The van der Waals surface area contributed by atoms with E-state index in [9.17, 15) is 13.6 Å². The quantitative estimate of drug-likeness (QED) is 0.857. The molecular weight excluding hydrogens is 334 g/mol. The minimum Gasteiger partial charge on any atom is -0.383 e. The molecule has 0 saturated heterocycles. The number of hydrogen-bond donors (Lipinski definition) is 2. The van der Waals surface area contributed by atoms with Crippen molar-refractivity contribution in [3.8, 4) is 0 Å². The van der Waals surface area contributed by atoms with Crippen LogP contribution >= 0.6 is 15.9 Å². The summed E-state index contributed by atoms with van der Waals surface area (Å²) in [6.45, 7) is 0.408. The molecule has 0 spiro atoms. The summed E-state index contributed by atoms with van der Waals surface area (Å²) in [7, 11) is 1.56. The van der Waals surface area contributed by atoms with Gasteiger partial charge in [0.15, 0.2) is 5.82 Å². The fraction of sp³-hybridized carbons (Fsp3) is 0.462. The number of methoxy groups -OCH3 is 1. The summed E-state index contributed by atoms with van der Waals surface area (Å²) in [6, 6.07) is 1.17. The molecule has 2 amide bonds. The Kier molecular flexibility index (Phi) is 4.93. The van der Waals surface area contributed by atoms with E-state index in [1.807, 2.05) is 0 Å². The highest BCUT2D eigenvalue weighted by Gasteiger charge is 2.32. The zero-order valence-electron chi connectivity index (χ0n) is 10.9. The number of rotatable bonds is 5. The van der Waals surface area contributed by atoms with E-state index in [-0.39, 0.29) is 16.2 Å². The molecule has 2 N–H and O–H groups in total. The molecule has 4 nitrogen and oxygen atoms in total. The molecule has 1 fully saturated rings. The summed E-state index contributed by atoms with van der Waals surface area (Å²) in [6.07, 6.45) is 2.09. The van der Waals surface area contributed by atoms with Gasteiger partial charge in [-0.05, 0) is 40.8 Å². The van der Waals surface area contributed by atoms with E-state index in [1.165, 1.54) is 0 Å². The average molecular weight is 349 g/mol. The van der Waals surface area contributed by atoms with Crippen molar-refractivity contribution in [3.05, 3.63) is 28.2 Å². The number of anilines is 1. The zero-order chi connectivity index (χ0) is 14.7. The Labute approximate surface area is 124 Å². The summed E-state index contributed by atoms with van der Waals surface area (Å²) in [5.41, 5.74) is -0.0872. The molecule has 1 aliphatic rings. The van der Waals surface area contributed by atoms with Crippen molar-refractivity contribution in [2.45, 2.75) is 18.9 Å². The topological polar surface area (TPSA) is 50.4 Å². The van der Waals surface area contributed by atoms with Crippen LogP contribution in [0.25, 0.3) is 0 Å². The second kappa shape index (κ2) is 6.49. The highest BCUT2D eigenvalue weighted by Crippen LogP contribution is 2.33. The number of amides is 2. The number of ether oxygens (including phenoxy) is 1. The monoisotopic (exact) mass is 348 g/mol. The number of carbonyl (C=O) groups is 1. The number of nitrogens with one attached hydrogen (secondary N) is 2. The van der Waals surface area contributed by atoms with Gasteiger partial charge in [-0.3, -0.25) is 0 Å². The summed E-state index contributed by atoms with van der Waals surface area (Å²) < 4.78 is 31.7. The molecule has 1 atom stereocenters. The molecule has 0 unspecified atom stereocenters. The van der Waals surface area contributed by atoms with Crippen molar-refractivity contribution in [1.82, 2.24) is 5.32 Å². The largest absolute Gasteiger partial charge is 0.383 e. The van der Waals surface area contributed by atoms with E-state index in [1.54, 1.807) is 7.11 Å². The summed E-state index contributed by atoms with van der Waals surface area (Å²) in [5, 5.41) is 5.12. The van der Waals surface area contributed by atoms with Gasteiger partial charge < -0.3 is 15.4 Å². The molecule has 1 saturated carbocycles. The molecular formula is C13H15BrF2N2O2. The maximum absolute atomic E-state index is 13.6. The Morgan fingerprint density at radius 3 is 2.75 bits per heavy atom. The van der Waals surface area contributed by atoms with Gasteiger partial charge in [0, 0.05) is 17.6 Å². The molecule has 2 rings (SSSR count). The lowest BCUT2D eigenvalue weighted by atomic mass is 10.2. The van der Waals surface area contributed by atoms with Crippen LogP contribution in [0.5, 0.6) is 0 Å². The van der Waals surface area contributed by atoms with Crippen LogP contribution in [0.3, 0.4) is 0 Å². The zero-order valence-corrected chi connectivity index (χ0v) is 12.5. The Balaban J connectivity index is 2.00. The van der Waals surface area contributed by atoms with Crippen LogP contribution in [-0.4, -0.2) is 25.8 Å². The lowest BCUT2D eigenvalue weighted by Crippen LogP contribution is -2.42. The molecule has 0 heterocycles. The van der Waals surface area contributed by atoms with E-state index in [2.05, 4.69) is 26.6 Å². The van der Waals surface area contributed by atoms with Gasteiger partial charge >= 0.3 is 6.03 Å². The second-order valence-corrected chi connectivity index (χ2v) is 5.60. The van der Waals surface area contributed by atoms with Crippen LogP contribution in [0, 0.1) is 17.6 Å². The Morgan fingerprint density at radius 1 is 1.50 bits per heavy atom. The number of urea groups is 1. The molecule has 0 bridgehead atoms. The first-order chi connectivity index (χ1) is 9.51. The smallest absolute Gasteiger partial charge is 0.319 e. The minimum absolute atomic E-state index is 0.0872. The molecule has 0 aliphatic heterocycles. The van der Waals surface area contributed by atoms with Gasteiger partial charge in [0.05, 0.1) is 18.3 Å². The van der Waals surface area contributed by atoms with E-state index in [0.29, 0.717) is 18.6 Å². The first-order valence-electron chi connectivity index (χ1n) is 6.22. The van der Waals surface area contributed by atoms with Crippen LogP contribution in [0.4, 0.5) is 19.3 Å². The molecule has 7 heteroatoms. The minimum atomic E-state index is -0.832. The fourth-order valence-corrected chi connectivity index (χ4v) is 2.46. The highest BCUT2D eigenvalue weighted by molar-refractivity contribution is 9.10. The third kappa shape index (κ3) is 3.89. The maximum atomic E-state index is 13.6. The van der Waals surface area contributed by atoms with Crippen molar-refractivity contribution >= 4 is 27.6 Å². The van der Waals surface area contributed by atoms with Crippen molar-refractivity contribution in [2.24, 2.45) is 5.92 Å². The van der Waals surface area contributed by atoms with Gasteiger partial charge in [-0.15, -0.1) is 0 Å². The Hall–Kier alpha value is -1.21. The van der Waals surface area contributed by atoms with Gasteiger partial charge in [0.1, 0.15) is 5.82 Å². The van der Waals surface area contributed by atoms with Crippen LogP contribution in [-0.2, 0) is 4.74 Å². The standard InChI is InChI=1S/C13H15BrF2N2O2/c1-20-6-11(7-2-3-7)17-13(19)18-12-9(14)4-8(15)5-10(12)16/h4-5,7,11H,2-3,6H2,1H3,(H2,17,18,19)/t11-/m1/s1. The van der Waals surface area contributed by atoms with Crippen molar-refractivity contribution < 1.29 is 18.3 Å². The average Bonchev–Trinajstić information content (AvgIpc) is 3.17. The first-order valence-corrected chi connectivity index (χ1v) is 7.01. The predicted molar refractivity (Wildman–Crippen MR) is 74.6 cm³/mol. The van der Waals surface area contributed by atoms with E-state index in [4.69, 9.17) is 4.74 Å². The predicted octanol–water partition coefficient (Wildman–Crippen LogP) is 3.27. The molecule has 1 aliphatic carbocycles. The van der Waals surface area contributed by atoms with Gasteiger partial charge in [-0.1, -0.05) is 0 Å². The third-order valence-electron chi connectivity index (χ3n) is 3.10. The molecule has 110 valence electrons. The summed E-state index contributed by atoms with van der Waals surface area (Å²) in [4.78, 5) is 11.9. The first kappa shape index (κ1) is 15.2. The lowest BCUT2D eigenvalue weighted by molar-refractivity contribution is 0.159.